The molecule has 1 aromatic rings. The number of sulfonamides is 1. The number of hydrogen-bond donors (Lipinski definition) is 1. The smallest absolute Gasteiger partial charge is 0.243 e. The van der Waals surface area contributed by atoms with Gasteiger partial charge in [0.15, 0.2) is 11.5 Å². The van der Waals surface area contributed by atoms with Crippen molar-refractivity contribution in [1.82, 2.24) is 5.32 Å². The number of carbonyl (C=O) groups is 1. The number of rotatable bonds is 8. The summed E-state index contributed by atoms with van der Waals surface area (Å²) in [6.45, 7) is 3.32. The lowest BCUT2D eigenvalue weighted by atomic mass is 10.2. The van der Waals surface area contributed by atoms with Gasteiger partial charge in [-0.2, -0.15) is 0 Å². The lowest BCUT2D eigenvalue weighted by Crippen LogP contribution is -2.48. The lowest BCUT2D eigenvalue weighted by molar-refractivity contribution is -0.121. The predicted octanol–water partition coefficient (Wildman–Crippen LogP) is 0.765. The lowest BCUT2D eigenvalue weighted by Gasteiger charge is -2.29. The fourth-order valence-corrected chi connectivity index (χ4v) is 3.72. The molecule has 1 aromatic carbocycles. The number of carbonyl (C=O) groups excluding carboxylic acids is 1. The van der Waals surface area contributed by atoms with E-state index in [-0.39, 0.29) is 5.91 Å². The molecule has 9 heteroatoms. The highest BCUT2D eigenvalue weighted by Gasteiger charge is 2.30. The first-order valence-corrected chi connectivity index (χ1v) is 9.85. The molecule has 8 nitrogen and oxygen atoms in total. The van der Waals surface area contributed by atoms with Crippen molar-refractivity contribution in [2.45, 2.75) is 19.4 Å². The molecule has 140 valence electrons. The summed E-state index contributed by atoms with van der Waals surface area (Å²) in [5.41, 5.74) is 0.353. The highest BCUT2D eigenvalue weighted by Crippen LogP contribution is 2.35. The van der Waals surface area contributed by atoms with Crippen molar-refractivity contribution in [3.63, 3.8) is 0 Å². The molecule has 1 aliphatic rings. The van der Waals surface area contributed by atoms with Gasteiger partial charge < -0.3 is 19.5 Å². The van der Waals surface area contributed by atoms with Crippen LogP contribution in [0.5, 0.6) is 11.5 Å². The monoisotopic (exact) mass is 372 g/mol. The Bertz CT molecular complexity index is 707. The maximum Gasteiger partial charge on any atom is 0.243 e. The minimum Gasteiger partial charge on any atom is -0.486 e. The van der Waals surface area contributed by atoms with Gasteiger partial charge >= 0.3 is 0 Å². The number of hydrogen-bond acceptors (Lipinski definition) is 6. The Kier molecular flexibility index (Phi) is 6.49. The number of anilines is 1. The van der Waals surface area contributed by atoms with Gasteiger partial charge in [-0.25, -0.2) is 8.42 Å². The molecule has 0 aromatic heterocycles. The van der Waals surface area contributed by atoms with E-state index in [9.17, 15) is 13.2 Å². The van der Waals surface area contributed by atoms with Crippen molar-refractivity contribution in [2.75, 3.05) is 44.0 Å². The number of nitrogens with zero attached hydrogens (tertiary/aromatic N) is 1. The highest BCUT2D eigenvalue weighted by atomic mass is 32.2. The van der Waals surface area contributed by atoms with Crippen LogP contribution in [0.2, 0.25) is 0 Å². The number of ether oxygens (including phenoxy) is 3. The SMILES string of the molecule is COCCCNC(=O)[C@H](C)N(c1ccc2c(c1)OCCO2)S(C)(=O)=O. The third-order valence-electron chi connectivity index (χ3n) is 3.69. The molecule has 1 N–H and O–H groups in total. The molecule has 0 fully saturated rings. The topological polar surface area (TPSA) is 94.2 Å². The van der Waals surface area contributed by atoms with E-state index in [2.05, 4.69) is 5.32 Å². The van der Waals surface area contributed by atoms with Crippen LogP contribution in [0.4, 0.5) is 5.69 Å². The molecule has 1 heterocycles. The second-order valence-corrected chi connectivity index (χ2v) is 7.56. The molecular formula is C16H24N2O6S. The van der Waals surface area contributed by atoms with Crippen molar-refractivity contribution in [1.29, 1.82) is 0 Å². The molecule has 0 spiro atoms. The third kappa shape index (κ3) is 4.99. The van der Waals surface area contributed by atoms with Crippen molar-refractivity contribution in [3.8, 4) is 11.5 Å². The summed E-state index contributed by atoms with van der Waals surface area (Å²) < 4.78 is 41.5. The molecule has 0 radical (unpaired) electrons. The fourth-order valence-electron chi connectivity index (χ4n) is 2.55. The molecular weight excluding hydrogens is 348 g/mol. The summed E-state index contributed by atoms with van der Waals surface area (Å²) in [5, 5.41) is 2.72. The fraction of sp³-hybridized carbons (Fsp3) is 0.562. The predicted molar refractivity (Wildman–Crippen MR) is 93.7 cm³/mol. The van der Waals surface area contributed by atoms with Crippen LogP contribution in [0.25, 0.3) is 0 Å². The number of amides is 1. The molecule has 0 unspecified atom stereocenters. The minimum absolute atomic E-state index is 0.353. The summed E-state index contributed by atoms with van der Waals surface area (Å²) in [7, 11) is -2.09. The first-order chi connectivity index (χ1) is 11.8. The molecule has 0 saturated carbocycles. The van der Waals surface area contributed by atoms with Gasteiger partial charge in [0.25, 0.3) is 0 Å². The summed E-state index contributed by atoms with van der Waals surface area (Å²) in [5.74, 6) is 0.640. The van der Waals surface area contributed by atoms with Crippen LogP contribution >= 0.6 is 0 Å². The Morgan fingerprint density at radius 3 is 2.64 bits per heavy atom. The van der Waals surface area contributed by atoms with E-state index < -0.39 is 16.1 Å². The molecule has 25 heavy (non-hydrogen) atoms. The van der Waals surface area contributed by atoms with Gasteiger partial charge in [0.05, 0.1) is 11.9 Å². The molecule has 1 amide bonds. The zero-order valence-corrected chi connectivity index (χ0v) is 15.5. The Balaban J connectivity index is 2.20. The Hall–Kier alpha value is -2.00. The number of benzene rings is 1. The summed E-state index contributed by atoms with van der Waals surface area (Å²) in [4.78, 5) is 12.3. The Labute approximate surface area is 148 Å². The van der Waals surface area contributed by atoms with E-state index in [1.54, 1.807) is 32.2 Å². The van der Waals surface area contributed by atoms with Crippen LogP contribution in [0.1, 0.15) is 13.3 Å². The normalized spacial score (nSPS) is 14.7. The second-order valence-electron chi connectivity index (χ2n) is 5.70. The maximum atomic E-state index is 12.3. The number of nitrogens with one attached hydrogen (secondary N) is 1. The van der Waals surface area contributed by atoms with Gasteiger partial charge in [-0.3, -0.25) is 9.10 Å². The molecule has 0 bridgehead atoms. The van der Waals surface area contributed by atoms with Crippen LogP contribution in [0.3, 0.4) is 0 Å². The van der Waals surface area contributed by atoms with Gasteiger partial charge in [-0.05, 0) is 25.5 Å². The third-order valence-corrected chi connectivity index (χ3v) is 4.93. The first kappa shape index (κ1) is 19.3. The van der Waals surface area contributed by atoms with Crippen molar-refractivity contribution < 1.29 is 27.4 Å². The molecule has 1 atom stereocenters. The van der Waals surface area contributed by atoms with Crippen molar-refractivity contribution >= 4 is 21.6 Å². The van der Waals surface area contributed by atoms with E-state index in [4.69, 9.17) is 14.2 Å². The van der Waals surface area contributed by atoms with Crippen LogP contribution in [0, 0.1) is 0 Å². The standard InChI is InChI=1S/C16H24N2O6S/c1-12(16(19)17-7-4-8-22-2)18(25(3,20)21)13-5-6-14-15(11-13)24-10-9-23-14/h5-6,11-12H,4,7-10H2,1-3H3,(H,17,19)/t12-/m0/s1. The zero-order valence-electron chi connectivity index (χ0n) is 14.6. The number of methoxy groups -OCH3 is 1. The van der Waals surface area contributed by atoms with Crippen LogP contribution in [-0.4, -0.2) is 60.1 Å². The average Bonchev–Trinajstić information content (AvgIpc) is 2.57. The van der Waals surface area contributed by atoms with Gasteiger partial charge in [0.2, 0.25) is 15.9 Å². The summed E-state index contributed by atoms with van der Waals surface area (Å²) in [6, 6.07) is 3.92. The van der Waals surface area contributed by atoms with E-state index >= 15 is 0 Å². The van der Waals surface area contributed by atoms with Crippen molar-refractivity contribution in [3.05, 3.63) is 18.2 Å². The molecule has 0 aliphatic carbocycles. The molecule has 0 saturated heterocycles. The summed E-state index contributed by atoms with van der Waals surface area (Å²) in [6.07, 6.45) is 1.72. The molecule has 2 rings (SSSR count). The second kappa shape index (κ2) is 8.39. The van der Waals surface area contributed by atoms with Crippen LogP contribution in [-0.2, 0) is 19.6 Å². The average molecular weight is 372 g/mol. The Morgan fingerprint density at radius 1 is 1.32 bits per heavy atom. The van der Waals surface area contributed by atoms with Gasteiger partial charge in [0, 0.05) is 26.3 Å². The van der Waals surface area contributed by atoms with E-state index in [1.165, 1.54) is 0 Å². The van der Waals surface area contributed by atoms with Crippen LogP contribution < -0.4 is 19.1 Å². The quantitative estimate of drug-likeness (QED) is 0.677. The van der Waals surface area contributed by atoms with Gasteiger partial charge in [-0.1, -0.05) is 0 Å². The van der Waals surface area contributed by atoms with Crippen LogP contribution in [0.15, 0.2) is 18.2 Å². The maximum absolute atomic E-state index is 12.3. The Morgan fingerprint density at radius 2 is 2.00 bits per heavy atom. The molecule has 1 aliphatic heterocycles. The number of fused-ring (bicyclic) bond motifs is 1. The van der Waals surface area contributed by atoms with Crippen molar-refractivity contribution in [2.24, 2.45) is 0 Å². The highest BCUT2D eigenvalue weighted by molar-refractivity contribution is 7.92. The van der Waals surface area contributed by atoms with E-state index in [0.29, 0.717) is 50.0 Å². The van der Waals surface area contributed by atoms with E-state index in [0.717, 1.165) is 10.6 Å². The van der Waals surface area contributed by atoms with E-state index in [1.807, 2.05) is 0 Å². The van der Waals surface area contributed by atoms with Gasteiger partial charge in [0.1, 0.15) is 19.3 Å². The van der Waals surface area contributed by atoms with Gasteiger partial charge in [-0.15, -0.1) is 0 Å². The zero-order chi connectivity index (χ0) is 18.4. The first-order valence-electron chi connectivity index (χ1n) is 8.00. The minimum atomic E-state index is -3.67. The largest absolute Gasteiger partial charge is 0.486 e. The summed E-state index contributed by atoms with van der Waals surface area (Å²) >= 11 is 0.